The zero-order valence-corrected chi connectivity index (χ0v) is 10.6. The number of phenols is 1. The van der Waals surface area contributed by atoms with Crippen molar-refractivity contribution in [3.8, 4) is 5.75 Å². The van der Waals surface area contributed by atoms with Crippen LogP contribution in [0.5, 0.6) is 5.75 Å². The van der Waals surface area contributed by atoms with Crippen LogP contribution in [0.4, 0.5) is 11.4 Å². The standard InChI is InChI=1S/C13H17N3O3/c17-9-3-4-10(13(8-9)16(18)19)14-11-5-7-15-6-1-2-12(11)15/h3-4,8,11-12,14,17H,1-2,5-7H2. The lowest BCUT2D eigenvalue weighted by Gasteiger charge is -2.22. The number of hydrogen-bond donors (Lipinski definition) is 2. The van der Waals surface area contributed by atoms with Crippen LogP contribution >= 0.6 is 0 Å². The molecule has 0 saturated carbocycles. The Morgan fingerprint density at radius 2 is 2.21 bits per heavy atom. The average molecular weight is 263 g/mol. The van der Waals surface area contributed by atoms with E-state index in [1.807, 2.05) is 0 Å². The Morgan fingerprint density at radius 3 is 3.00 bits per heavy atom. The number of aromatic hydroxyl groups is 1. The molecule has 0 radical (unpaired) electrons. The smallest absolute Gasteiger partial charge is 0.296 e. The third-order valence-corrected chi connectivity index (χ3v) is 4.12. The number of nitro benzene ring substituents is 1. The van der Waals surface area contributed by atoms with Crippen molar-refractivity contribution < 1.29 is 10.0 Å². The number of phenolic OH excluding ortho intramolecular Hbond substituents is 1. The quantitative estimate of drug-likeness (QED) is 0.495. The van der Waals surface area contributed by atoms with Gasteiger partial charge in [-0.05, 0) is 37.9 Å². The molecule has 2 N–H and O–H groups in total. The van der Waals surface area contributed by atoms with Crippen molar-refractivity contribution in [1.29, 1.82) is 0 Å². The maximum Gasteiger partial charge on any atom is 0.296 e. The van der Waals surface area contributed by atoms with Crippen LogP contribution in [-0.4, -0.2) is 40.1 Å². The van der Waals surface area contributed by atoms with Gasteiger partial charge in [0.1, 0.15) is 11.4 Å². The normalized spacial score (nSPS) is 26.3. The largest absolute Gasteiger partial charge is 0.508 e. The van der Waals surface area contributed by atoms with Crippen LogP contribution in [0.3, 0.4) is 0 Å². The number of hydrogen-bond acceptors (Lipinski definition) is 5. The third-order valence-electron chi connectivity index (χ3n) is 4.12. The molecule has 2 unspecified atom stereocenters. The van der Waals surface area contributed by atoms with E-state index in [0.717, 1.165) is 25.9 Å². The van der Waals surface area contributed by atoms with Gasteiger partial charge in [-0.25, -0.2) is 0 Å². The number of rotatable bonds is 3. The minimum Gasteiger partial charge on any atom is -0.508 e. The second kappa shape index (κ2) is 4.70. The van der Waals surface area contributed by atoms with E-state index in [2.05, 4.69) is 10.2 Å². The Hall–Kier alpha value is -1.82. The number of nitrogens with one attached hydrogen (secondary N) is 1. The molecule has 19 heavy (non-hydrogen) atoms. The average Bonchev–Trinajstić information content (AvgIpc) is 2.96. The molecule has 1 aromatic rings. The molecule has 0 aliphatic carbocycles. The van der Waals surface area contributed by atoms with Gasteiger partial charge in [0, 0.05) is 18.6 Å². The summed E-state index contributed by atoms with van der Waals surface area (Å²) in [7, 11) is 0. The fourth-order valence-corrected chi connectivity index (χ4v) is 3.24. The van der Waals surface area contributed by atoms with E-state index in [1.165, 1.54) is 18.6 Å². The zero-order chi connectivity index (χ0) is 13.4. The molecule has 0 amide bonds. The van der Waals surface area contributed by atoms with Crippen molar-refractivity contribution >= 4 is 11.4 Å². The van der Waals surface area contributed by atoms with Gasteiger partial charge >= 0.3 is 0 Å². The summed E-state index contributed by atoms with van der Waals surface area (Å²) in [4.78, 5) is 13.0. The summed E-state index contributed by atoms with van der Waals surface area (Å²) >= 11 is 0. The summed E-state index contributed by atoms with van der Waals surface area (Å²) in [5.41, 5.74) is 0.443. The first-order valence-corrected chi connectivity index (χ1v) is 6.63. The highest BCUT2D eigenvalue weighted by Gasteiger charge is 2.37. The van der Waals surface area contributed by atoms with Gasteiger partial charge in [-0.3, -0.25) is 15.0 Å². The number of nitrogens with zero attached hydrogens (tertiary/aromatic N) is 2. The summed E-state index contributed by atoms with van der Waals surface area (Å²) in [5, 5.41) is 23.7. The van der Waals surface area contributed by atoms with Gasteiger partial charge in [0.25, 0.3) is 5.69 Å². The molecule has 2 fully saturated rings. The molecule has 102 valence electrons. The molecule has 0 spiro atoms. The minimum atomic E-state index is -0.455. The Kier molecular flexibility index (Phi) is 3.02. The molecule has 2 aliphatic rings. The van der Waals surface area contributed by atoms with Crippen LogP contribution in [-0.2, 0) is 0 Å². The van der Waals surface area contributed by atoms with E-state index in [1.54, 1.807) is 6.07 Å². The molecular formula is C13H17N3O3. The maximum atomic E-state index is 11.0. The van der Waals surface area contributed by atoms with Crippen molar-refractivity contribution in [2.75, 3.05) is 18.4 Å². The fourth-order valence-electron chi connectivity index (χ4n) is 3.24. The highest BCUT2D eigenvalue weighted by molar-refractivity contribution is 5.64. The van der Waals surface area contributed by atoms with Crippen molar-refractivity contribution in [2.45, 2.75) is 31.3 Å². The first-order valence-electron chi connectivity index (χ1n) is 6.63. The molecule has 6 heteroatoms. The second-order valence-electron chi connectivity index (χ2n) is 5.24. The second-order valence-corrected chi connectivity index (χ2v) is 5.24. The van der Waals surface area contributed by atoms with Crippen LogP contribution in [0.1, 0.15) is 19.3 Å². The summed E-state index contributed by atoms with van der Waals surface area (Å²) < 4.78 is 0. The number of nitro groups is 1. The van der Waals surface area contributed by atoms with Crippen molar-refractivity contribution in [1.82, 2.24) is 4.90 Å². The van der Waals surface area contributed by atoms with Gasteiger partial charge in [-0.1, -0.05) is 0 Å². The van der Waals surface area contributed by atoms with Crippen molar-refractivity contribution in [3.05, 3.63) is 28.3 Å². The van der Waals surface area contributed by atoms with E-state index in [0.29, 0.717) is 11.7 Å². The van der Waals surface area contributed by atoms with Crippen LogP contribution in [0, 0.1) is 10.1 Å². The van der Waals surface area contributed by atoms with Gasteiger partial charge in [-0.2, -0.15) is 0 Å². The lowest BCUT2D eigenvalue weighted by Crippen LogP contribution is -2.33. The van der Waals surface area contributed by atoms with E-state index in [9.17, 15) is 15.2 Å². The Labute approximate surface area is 111 Å². The first-order chi connectivity index (χ1) is 9.15. The van der Waals surface area contributed by atoms with E-state index < -0.39 is 4.92 Å². The molecule has 0 bridgehead atoms. The highest BCUT2D eigenvalue weighted by Crippen LogP contribution is 2.34. The summed E-state index contributed by atoms with van der Waals surface area (Å²) in [5.74, 6) is -0.0776. The third kappa shape index (κ3) is 2.23. The minimum absolute atomic E-state index is 0.0588. The molecule has 2 saturated heterocycles. The molecular weight excluding hydrogens is 246 g/mol. The van der Waals surface area contributed by atoms with Gasteiger partial charge in [-0.15, -0.1) is 0 Å². The molecule has 0 aromatic heterocycles. The van der Waals surface area contributed by atoms with E-state index in [4.69, 9.17) is 0 Å². The lowest BCUT2D eigenvalue weighted by atomic mass is 10.1. The lowest BCUT2D eigenvalue weighted by molar-refractivity contribution is -0.384. The van der Waals surface area contributed by atoms with E-state index >= 15 is 0 Å². The molecule has 2 atom stereocenters. The highest BCUT2D eigenvalue weighted by atomic mass is 16.6. The van der Waals surface area contributed by atoms with E-state index in [-0.39, 0.29) is 17.5 Å². The topological polar surface area (TPSA) is 78.6 Å². The summed E-state index contributed by atoms with van der Waals surface area (Å²) in [6, 6.07) is 5.03. The Morgan fingerprint density at radius 1 is 1.37 bits per heavy atom. The summed E-state index contributed by atoms with van der Waals surface area (Å²) in [6.07, 6.45) is 3.38. The first kappa shape index (κ1) is 12.2. The maximum absolute atomic E-state index is 11.0. The fraction of sp³-hybridized carbons (Fsp3) is 0.538. The number of fused-ring (bicyclic) bond motifs is 1. The SMILES string of the molecule is O=[N+]([O-])c1cc(O)ccc1NC1CCN2CCCC12. The molecule has 6 nitrogen and oxygen atoms in total. The van der Waals surface area contributed by atoms with Crippen LogP contribution in [0.25, 0.3) is 0 Å². The number of benzene rings is 1. The predicted molar refractivity (Wildman–Crippen MR) is 71.4 cm³/mol. The predicted octanol–water partition coefficient (Wildman–Crippen LogP) is 1.95. The molecule has 2 aliphatic heterocycles. The Bertz CT molecular complexity index is 506. The van der Waals surface area contributed by atoms with Crippen molar-refractivity contribution in [2.24, 2.45) is 0 Å². The molecule has 2 heterocycles. The van der Waals surface area contributed by atoms with Gasteiger partial charge in [0.15, 0.2) is 0 Å². The Balaban J connectivity index is 1.81. The van der Waals surface area contributed by atoms with Gasteiger partial charge in [0.05, 0.1) is 11.0 Å². The van der Waals surface area contributed by atoms with Crippen LogP contribution in [0.2, 0.25) is 0 Å². The van der Waals surface area contributed by atoms with Gasteiger partial charge < -0.3 is 10.4 Å². The number of anilines is 1. The molecule has 3 rings (SSSR count). The summed E-state index contributed by atoms with van der Waals surface area (Å²) in [6.45, 7) is 2.20. The van der Waals surface area contributed by atoms with Gasteiger partial charge in [0.2, 0.25) is 0 Å². The zero-order valence-electron chi connectivity index (χ0n) is 10.6. The molecule has 1 aromatic carbocycles. The van der Waals surface area contributed by atoms with Crippen LogP contribution in [0.15, 0.2) is 18.2 Å². The monoisotopic (exact) mass is 263 g/mol. The van der Waals surface area contributed by atoms with Crippen molar-refractivity contribution in [3.63, 3.8) is 0 Å². The van der Waals surface area contributed by atoms with Crippen LogP contribution < -0.4 is 5.32 Å².